The van der Waals surface area contributed by atoms with E-state index >= 15 is 0 Å². The summed E-state index contributed by atoms with van der Waals surface area (Å²) in [7, 11) is 1.71. The molecule has 6 nitrogen and oxygen atoms in total. The van der Waals surface area contributed by atoms with Crippen LogP contribution in [0.2, 0.25) is 0 Å². The lowest BCUT2D eigenvalue weighted by Crippen LogP contribution is -2.36. The van der Waals surface area contributed by atoms with Crippen LogP contribution in [0.25, 0.3) is 0 Å². The highest BCUT2D eigenvalue weighted by Gasteiger charge is 2.06. The van der Waals surface area contributed by atoms with E-state index in [1.165, 1.54) is 5.56 Å². The van der Waals surface area contributed by atoms with Crippen LogP contribution < -0.4 is 15.4 Å². The van der Waals surface area contributed by atoms with Crippen molar-refractivity contribution in [3.8, 4) is 5.75 Å². The monoisotopic (exact) mass is 413 g/mol. The van der Waals surface area contributed by atoms with E-state index in [9.17, 15) is 0 Å². The van der Waals surface area contributed by atoms with Crippen molar-refractivity contribution < 1.29 is 14.2 Å². The molecule has 30 heavy (non-hydrogen) atoms. The zero-order chi connectivity index (χ0) is 21.6. The van der Waals surface area contributed by atoms with Crippen LogP contribution >= 0.6 is 0 Å². The summed E-state index contributed by atoms with van der Waals surface area (Å²) in [6.07, 6.45) is 0. The average molecular weight is 414 g/mol. The molecule has 0 aromatic heterocycles. The first-order valence-electron chi connectivity index (χ1n) is 10.5. The Morgan fingerprint density at radius 3 is 2.60 bits per heavy atom. The van der Waals surface area contributed by atoms with Gasteiger partial charge in [0.15, 0.2) is 5.96 Å². The second-order valence-electron chi connectivity index (χ2n) is 6.96. The summed E-state index contributed by atoms with van der Waals surface area (Å²) in [5, 5.41) is 6.72. The Bertz CT molecular complexity index is 793. The third kappa shape index (κ3) is 8.43. The number of benzene rings is 2. The quantitative estimate of drug-likeness (QED) is 0.315. The molecule has 2 N–H and O–H groups in total. The van der Waals surface area contributed by atoms with Crippen LogP contribution in [0.4, 0.5) is 0 Å². The van der Waals surface area contributed by atoms with Gasteiger partial charge in [-0.3, -0.25) is 0 Å². The number of aryl methyl sites for hydroxylation is 1. The summed E-state index contributed by atoms with van der Waals surface area (Å²) in [5.41, 5.74) is 4.56. The van der Waals surface area contributed by atoms with Gasteiger partial charge in [-0.25, -0.2) is 4.99 Å². The van der Waals surface area contributed by atoms with Gasteiger partial charge in [-0.05, 0) is 43.5 Å². The molecule has 2 aromatic rings. The summed E-state index contributed by atoms with van der Waals surface area (Å²) < 4.78 is 16.5. The second-order valence-corrected chi connectivity index (χ2v) is 6.96. The van der Waals surface area contributed by atoms with Crippen molar-refractivity contribution in [1.82, 2.24) is 10.6 Å². The molecule has 0 radical (unpaired) electrons. The van der Waals surface area contributed by atoms with E-state index in [0.717, 1.165) is 34.9 Å². The molecule has 0 aliphatic carbocycles. The van der Waals surface area contributed by atoms with Gasteiger partial charge >= 0.3 is 0 Å². The van der Waals surface area contributed by atoms with Gasteiger partial charge in [-0.2, -0.15) is 0 Å². The molecule has 164 valence electrons. The number of nitrogens with one attached hydrogen (secondary N) is 2. The topological polar surface area (TPSA) is 64.1 Å². The highest BCUT2D eigenvalue weighted by Crippen LogP contribution is 2.20. The molecule has 0 bridgehead atoms. The Balaban J connectivity index is 2.01. The molecule has 0 aliphatic rings. The van der Waals surface area contributed by atoms with Crippen molar-refractivity contribution >= 4 is 5.96 Å². The van der Waals surface area contributed by atoms with Gasteiger partial charge in [0, 0.05) is 32.4 Å². The van der Waals surface area contributed by atoms with Gasteiger partial charge in [0.1, 0.15) is 12.4 Å². The second kappa shape index (κ2) is 13.6. The lowest BCUT2D eigenvalue weighted by molar-refractivity contribution is 0.110. The van der Waals surface area contributed by atoms with E-state index in [4.69, 9.17) is 19.2 Å². The maximum atomic E-state index is 5.94. The third-order valence-corrected chi connectivity index (χ3v) is 4.42. The molecule has 0 saturated carbocycles. The number of hydrogen-bond donors (Lipinski definition) is 2. The fourth-order valence-corrected chi connectivity index (χ4v) is 2.97. The zero-order valence-corrected chi connectivity index (χ0v) is 18.7. The van der Waals surface area contributed by atoms with Crippen molar-refractivity contribution in [3.63, 3.8) is 0 Å². The first-order chi connectivity index (χ1) is 14.7. The van der Waals surface area contributed by atoms with Crippen molar-refractivity contribution in [2.24, 2.45) is 4.99 Å². The van der Waals surface area contributed by atoms with Gasteiger partial charge in [-0.15, -0.1) is 0 Å². The average Bonchev–Trinajstić information content (AvgIpc) is 2.75. The lowest BCUT2D eigenvalue weighted by Gasteiger charge is -2.15. The van der Waals surface area contributed by atoms with Crippen LogP contribution in [-0.2, 0) is 29.2 Å². The number of aliphatic imine (C=N–C) groups is 1. The summed E-state index contributed by atoms with van der Waals surface area (Å²) in [4.78, 5) is 4.73. The molecule has 0 amide bonds. The summed E-state index contributed by atoms with van der Waals surface area (Å²) in [6.45, 7) is 10.6. The lowest BCUT2D eigenvalue weighted by atomic mass is 10.1. The van der Waals surface area contributed by atoms with Gasteiger partial charge in [0.2, 0.25) is 0 Å². The van der Waals surface area contributed by atoms with E-state index in [0.29, 0.717) is 39.5 Å². The molecular weight excluding hydrogens is 378 g/mol. The molecule has 6 heteroatoms. The highest BCUT2D eigenvalue weighted by molar-refractivity contribution is 5.79. The Labute approximate surface area is 180 Å². The minimum Gasteiger partial charge on any atom is -0.491 e. The molecule has 2 aromatic carbocycles. The maximum absolute atomic E-state index is 5.94. The number of guanidine groups is 1. The number of rotatable bonds is 12. The molecule has 0 atom stereocenters. The first-order valence-corrected chi connectivity index (χ1v) is 10.5. The van der Waals surface area contributed by atoms with E-state index in [1.54, 1.807) is 7.11 Å². The largest absolute Gasteiger partial charge is 0.491 e. The smallest absolute Gasteiger partial charge is 0.191 e. The van der Waals surface area contributed by atoms with Crippen molar-refractivity contribution in [2.75, 3.05) is 33.5 Å². The maximum Gasteiger partial charge on any atom is 0.191 e. The molecule has 0 fully saturated rings. The molecule has 2 rings (SSSR count). The Kier molecular flexibility index (Phi) is 10.8. The van der Waals surface area contributed by atoms with E-state index < -0.39 is 0 Å². The minimum atomic E-state index is 0.538. The standard InChI is InChI=1S/C24H35N3O3/c1-5-25-24(26-16-20-8-7-9-21(15-20)18-28-4)27-17-22-11-10-19(3)14-23(22)30-13-12-29-6-2/h7-11,14-15H,5-6,12-13,16-18H2,1-4H3,(H2,25,26,27). The predicted octanol–water partition coefficient (Wildman–Crippen LogP) is 3.81. The van der Waals surface area contributed by atoms with Crippen molar-refractivity contribution in [3.05, 3.63) is 64.7 Å². The molecule has 0 aliphatic heterocycles. The summed E-state index contributed by atoms with van der Waals surface area (Å²) in [6, 6.07) is 14.6. The van der Waals surface area contributed by atoms with Crippen LogP contribution in [-0.4, -0.2) is 39.4 Å². The number of ether oxygens (including phenoxy) is 3. The van der Waals surface area contributed by atoms with Crippen LogP contribution in [0.1, 0.15) is 36.1 Å². The van der Waals surface area contributed by atoms with Gasteiger partial charge in [0.25, 0.3) is 0 Å². The van der Waals surface area contributed by atoms with Crippen LogP contribution in [0, 0.1) is 6.92 Å². The SMILES string of the molecule is CCNC(=NCc1cccc(COC)c1)NCc1ccc(C)cc1OCCOCC. The predicted molar refractivity (Wildman–Crippen MR) is 122 cm³/mol. The fraction of sp³-hybridized carbons (Fsp3) is 0.458. The Hall–Kier alpha value is -2.57. The molecule has 0 spiro atoms. The van der Waals surface area contributed by atoms with E-state index in [1.807, 2.05) is 13.0 Å². The fourth-order valence-electron chi connectivity index (χ4n) is 2.97. The van der Waals surface area contributed by atoms with E-state index in [-0.39, 0.29) is 0 Å². The first kappa shape index (κ1) is 23.7. The minimum absolute atomic E-state index is 0.538. The van der Waals surface area contributed by atoms with Crippen molar-refractivity contribution in [2.45, 2.75) is 40.5 Å². The van der Waals surface area contributed by atoms with Crippen LogP contribution in [0.15, 0.2) is 47.5 Å². The van der Waals surface area contributed by atoms with Crippen molar-refractivity contribution in [1.29, 1.82) is 0 Å². The van der Waals surface area contributed by atoms with E-state index in [2.05, 4.69) is 60.9 Å². The summed E-state index contributed by atoms with van der Waals surface area (Å²) >= 11 is 0. The Morgan fingerprint density at radius 2 is 1.83 bits per heavy atom. The summed E-state index contributed by atoms with van der Waals surface area (Å²) in [5.74, 6) is 1.65. The van der Waals surface area contributed by atoms with Gasteiger partial charge < -0.3 is 24.8 Å². The van der Waals surface area contributed by atoms with Gasteiger partial charge in [0.05, 0.1) is 19.8 Å². The number of hydrogen-bond acceptors (Lipinski definition) is 4. The highest BCUT2D eigenvalue weighted by atomic mass is 16.5. The molecule has 0 unspecified atom stereocenters. The molecule has 0 saturated heterocycles. The molecule has 0 heterocycles. The third-order valence-electron chi connectivity index (χ3n) is 4.42. The Morgan fingerprint density at radius 1 is 1.00 bits per heavy atom. The molecular formula is C24H35N3O3. The van der Waals surface area contributed by atoms with Crippen LogP contribution in [0.3, 0.4) is 0 Å². The normalized spacial score (nSPS) is 11.4. The van der Waals surface area contributed by atoms with Gasteiger partial charge in [-0.1, -0.05) is 36.4 Å². The number of nitrogens with zero attached hydrogens (tertiary/aromatic N) is 1. The van der Waals surface area contributed by atoms with Crippen LogP contribution in [0.5, 0.6) is 5.75 Å². The number of methoxy groups -OCH3 is 1. The zero-order valence-electron chi connectivity index (χ0n) is 18.7.